The average Bonchev–Trinajstić information content (AvgIpc) is 2.99. The van der Waals surface area contributed by atoms with E-state index in [-0.39, 0.29) is 19.6 Å². The van der Waals surface area contributed by atoms with Crippen LogP contribution in [0.25, 0.3) is 17.2 Å². The Bertz CT molecular complexity index is 829. The third-order valence-corrected chi connectivity index (χ3v) is 5.44. The number of halogens is 2. The molecule has 0 bridgehead atoms. The molecule has 1 fully saturated rings. The normalized spacial score (nSPS) is 17.1. The van der Waals surface area contributed by atoms with Crippen LogP contribution in [-0.2, 0) is 6.61 Å². The zero-order chi connectivity index (χ0) is 19.4. The largest absolute Gasteiger partial charge is 0.392 e. The smallest absolute Gasteiger partial charge is 0.261 e. The van der Waals surface area contributed by atoms with Crippen molar-refractivity contribution >= 4 is 6.08 Å². The average molecular weight is 371 g/mol. The predicted octanol–water partition coefficient (Wildman–Crippen LogP) is 5.21. The highest BCUT2D eigenvalue weighted by molar-refractivity contribution is 5.75. The van der Waals surface area contributed by atoms with E-state index in [0.717, 1.165) is 34.2 Å². The van der Waals surface area contributed by atoms with Gasteiger partial charge in [-0.25, -0.2) is 8.78 Å². The van der Waals surface area contributed by atoms with E-state index < -0.39 is 5.92 Å². The number of alkyl halides is 2. The second-order valence-corrected chi connectivity index (χ2v) is 7.34. The number of likely N-dealkylation sites (tertiary alicyclic amines) is 1. The SMILES string of the molecule is Cc1c(C=CCCN2CCC(F)(F)C2)cccc1-c1cccc(CO)c1C. The predicted molar refractivity (Wildman–Crippen MR) is 107 cm³/mol. The van der Waals surface area contributed by atoms with Crippen molar-refractivity contribution in [1.29, 1.82) is 0 Å². The van der Waals surface area contributed by atoms with Gasteiger partial charge >= 0.3 is 0 Å². The molecule has 0 unspecified atom stereocenters. The molecule has 0 radical (unpaired) electrons. The van der Waals surface area contributed by atoms with Crippen LogP contribution in [-0.4, -0.2) is 35.6 Å². The Kier molecular flexibility index (Phi) is 6.08. The molecule has 0 saturated carbocycles. The fourth-order valence-corrected chi connectivity index (χ4v) is 3.74. The summed E-state index contributed by atoms with van der Waals surface area (Å²) in [5.41, 5.74) is 6.64. The lowest BCUT2D eigenvalue weighted by Gasteiger charge is -2.15. The molecule has 2 aromatic carbocycles. The molecule has 2 aromatic rings. The fourth-order valence-electron chi connectivity index (χ4n) is 3.74. The monoisotopic (exact) mass is 371 g/mol. The van der Waals surface area contributed by atoms with Gasteiger partial charge in [0.2, 0.25) is 0 Å². The second kappa shape index (κ2) is 8.32. The highest BCUT2D eigenvalue weighted by atomic mass is 19.3. The maximum absolute atomic E-state index is 13.2. The summed E-state index contributed by atoms with van der Waals surface area (Å²) in [6.07, 6.45) is 4.89. The van der Waals surface area contributed by atoms with Crippen LogP contribution in [0.15, 0.2) is 42.5 Å². The van der Waals surface area contributed by atoms with Gasteiger partial charge in [0, 0.05) is 19.5 Å². The Balaban J connectivity index is 1.72. The van der Waals surface area contributed by atoms with Crippen LogP contribution in [0.1, 0.15) is 35.1 Å². The number of aliphatic hydroxyl groups is 1. The molecular weight excluding hydrogens is 344 g/mol. The van der Waals surface area contributed by atoms with E-state index in [0.29, 0.717) is 13.1 Å². The van der Waals surface area contributed by atoms with Gasteiger partial charge in [0.15, 0.2) is 0 Å². The van der Waals surface area contributed by atoms with Crippen molar-refractivity contribution < 1.29 is 13.9 Å². The van der Waals surface area contributed by atoms with Crippen molar-refractivity contribution in [3.63, 3.8) is 0 Å². The van der Waals surface area contributed by atoms with Crippen molar-refractivity contribution in [2.45, 2.75) is 39.2 Å². The van der Waals surface area contributed by atoms with Gasteiger partial charge in [0.25, 0.3) is 5.92 Å². The van der Waals surface area contributed by atoms with Gasteiger partial charge < -0.3 is 5.11 Å². The lowest BCUT2D eigenvalue weighted by molar-refractivity contribution is 0.0124. The first-order valence-electron chi connectivity index (χ1n) is 9.47. The van der Waals surface area contributed by atoms with Crippen LogP contribution < -0.4 is 0 Å². The number of benzene rings is 2. The molecule has 0 amide bonds. The summed E-state index contributed by atoms with van der Waals surface area (Å²) < 4.78 is 26.5. The van der Waals surface area contributed by atoms with Crippen LogP contribution in [0.2, 0.25) is 0 Å². The standard InChI is InChI=1S/C23H27F2NO/c1-17-19(7-3-4-13-26-14-12-23(24,25)16-26)8-5-10-21(17)22-11-6-9-20(15-27)18(22)2/h3,5-11,27H,4,12-16H2,1-2H3. The highest BCUT2D eigenvalue weighted by Gasteiger charge is 2.37. The quantitative estimate of drug-likeness (QED) is 0.754. The summed E-state index contributed by atoms with van der Waals surface area (Å²) in [7, 11) is 0. The van der Waals surface area contributed by atoms with Crippen molar-refractivity contribution in [3.8, 4) is 11.1 Å². The number of rotatable bonds is 6. The first kappa shape index (κ1) is 19.7. The lowest BCUT2D eigenvalue weighted by Crippen LogP contribution is -2.25. The van der Waals surface area contributed by atoms with E-state index in [2.05, 4.69) is 37.3 Å². The molecular formula is C23H27F2NO. The zero-order valence-corrected chi connectivity index (χ0v) is 16.0. The zero-order valence-electron chi connectivity index (χ0n) is 16.0. The molecule has 0 atom stereocenters. The molecule has 27 heavy (non-hydrogen) atoms. The molecule has 0 aliphatic carbocycles. The van der Waals surface area contributed by atoms with Crippen molar-refractivity contribution in [2.24, 2.45) is 0 Å². The number of aliphatic hydroxyl groups excluding tert-OH is 1. The topological polar surface area (TPSA) is 23.5 Å². The number of nitrogens with zero attached hydrogens (tertiary/aromatic N) is 1. The van der Waals surface area contributed by atoms with Crippen LogP contribution >= 0.6 is 0 Å². The summed E-state index contributed by atoms with van der Waals surface area (Å²) >= 11 is 0. The molecule has 1 aliphatic heterocycles. The summed E-state index contributed by atoms with van der Waals surface area (Å²) in [5.74, 6) is -2.52. The van der Waals surface area contributed by atoms with Gasteiger partial charge in [-0.3, -0.25) is 4.90 Å². The number of hydrogen-bond acceptors (Lipinski definition) is 2. The Hall–Kier alpha value is -2.04. The van der Waals surface area contributed by atoms with Crippen molar-refractivity contribution in [3.05, 3.63) is 64.7 Å². The fraction of sp³-hybridized carbons (Fsp3) is 0.391. The maximum atomic E-state index is 13.2. The molecule has 4 heteroatoms. The van der Waals surface area contributed by atoms with E-state index in [1.165, 1.54) is 5.56 Å². The van der Waals surface area contributed by atoms with Gasteiger partial charge in [-0.2, -0.15) is 0 Å². The minimum atomic E-state index is -2.52. The van der Waals surface area contributed by atoms with Gasteiger partial charge in [0.05, 0.1) is 13.2 Å². The molecule has 1 N–H and O–H groups in total. The molecule has 2 nitrogen and oxygen atoms in total. The summed E-state index contributed by atoms with van der Waals surface area (Å²) in [4.78, 5) is 1.83. The summed E-state index contributed by atoms with van der Waals surface area (Å²) in [6.45, 7) is 5.21. The Morgan fingerprint density at radius 1 is 1.07 bits per heavy atom. The van der Waals surface area contributed by atoms with E-state index in [9.17, 15) is 13.9 Å². The molecule has 144 valence electrons. The first-order valence-corrected chi connectivity index (χ1v) is 9.47. The maximum Gasteiger partial charge on any atom is 0.261 e. The second-order valence-electron chi connectivity index (χ2n) is 7.34. The van der Waals surface area contributed by atoms with E-state index >= 15 is 0 Å². The third-order valence-electron chi connectivity index (χ3n) is 5.44. The van der Waals surface area contributed by atoms with Crippen LogP contribution in [0.3, 0.4) is 0 Å². The summed E-state index contributed by atoms with van der Waals surface area (Å²) in [6, 6.07) is 12.2. The van der Waals surface area contributed by atoms with E-state index in [4.69, 9.17) is 0 Å². The minimum Gasteiger partial charge on any atom is -0.392 e. The molecule has 3 rings (SSSR count). The van der Waals surface area contributed by atoms with Gasteiger partial charge in [0.1, 0.15) is 0 Å². The minimum absolute atomic E-state index is 0.0237. The van der Waals surface area contributed by atoms with E-state index in [1.54, 1.807) is 0 Å². The molecule has 1 saturated heterocycles. The molecule has 1 heterocycles. The Morgan fingerprint density at radius 2 is 1.78 bits per heavy atom. The third kappa shape index (κ3) is 4.63. The van der Waals surface area contributed by atoms with Crippen molar-refractivity contribution in [1.82, 2.24) is 4.90 Å². The van der Waals surface area contributed by atoms with Crippen LogP contribution in [0.5, 0.6) is 0 Å². The van der Waals surface area contributed by atoms with Gasteiger partial charge in [-0.15, -0.1) is 0 Å². The van der Waals surface area contributed by atoms with Gasteiger partial charge in [-0.1, -0.05) is 48.6 Å². The van der Waals surface area contributed by atoms with Crippen molar-refractivity contribution in [2.75, 3.05) is 19.6 Å². The summed E-state index contributed by atoms with van der Waals surface area (Å²) in [5, 5.41) is 9.52. The molecule has 0 aromatic heterocycles. The highest BCUT2D eigenvalue weighted by Crippen LogP contribution is 2.31. The van der Waals surface area contributed by atoms with Crippen LogP contribution in [0, 0.1) is 13.8 Å². The first-order chi connectivity index (χ1) is 12.9. The van der Waals surface area contributed by atoms with Crippen LogP contribution in [0.4, 0.5) is 8.78 Å². The lowest BCUT2D eigenvalue weighted by atomic mass is 9.91. The van der Waals surface area contributed by atoms with E-state index in [1.807, 2.05) is 30.0 Å². The molecule has 0 spiro atoms. The number of hydrogen-bond donors (Lipinski definition) is 1. The Morgan fingerprint density at radius 3 is 2.44 bits per heavy atom. The Labute approximate surface area is 160 Å². The van der Waals surface area contributed by atoms with Gasteiger partial charge in [-0.05, 0) is 53.6 Å². The molecule has 1 aliphatic rings.